The summed E-state index contributed by atoms with van der Waals surface area (Å²) in [5.41, 5.74) is 1.35. The number of aromatic nitrogens is 3. The average Bonchev–Trinajstić information content (AvgIpc) is 3.49. The molecule has 5 rings (SSSR count). The number of rotatable bonds is 6. The molecule has 1 fully saturated rings. The predicted molar refractivity (Wildman–Crippen MR) is 124 cm³/mol. The highest BCUT2D eigenvalue weighted by Crippen LogP contribution is 2.25. The molecule has 33 heavy (non-hydrogen) atoms. The fraction of sp³-hybridized carbons (Fsp3) is 0.320. The number of ether oxygens (including phenoxy) is 2. The minimum Gasteiger partial charge on any atom is -0.497 e. The number of nitrogens with zero attached hydrogens (tertiary/aromatic N) is 3. The standard InChI is InChI=1S/C25H25N3O5/c1-16-21(26-23(33-16)17-9-11-18(31-2)12-10-17)15-27-22-8-4-3-7-20(22)24(29)28(25(27)30)14-19-6-5-13-32-19/h3-4,7-12,19H,5-6,13-15H2,1-2H3/t19-/m1/s1. The largest absolute Gasteiger partial charge is 0.497 e. The molecule has 0 bridgehead atoms. The summed E-state index contributed by atoms with van der Waals surface area (Å²) in [6.07, 6.45) is 1.65. The predicted octanol–water partition coefficient (Wildman–Crippen LogP) is 3.36. The number of fused-ring (bicyclic) bond motifs is 1. The maximum atomic E-state index is 13.5. The molecule has 0 unspecified atom stereocenters. The van der Waals surface area contributed by atoms with E-state index in [2.05, 4.69) is 4.98 Å². The Morgan fingerprint density at radius 3 is 2.61 bits per heavy atom. The molecule has 3 heterocycles. The van der Waals surface area contributed by atoms with Crippen LogP contribution in [0.15, 0.2) is 62.5 Å². The van der Waals surface area contributed by atoms with Crippen molar-refractivity contribution in [3.05, 3.63) is 80.8 Å². The van der Waals surface area contributed by atoms with Crippen LogP contribution in [-0.2, 0) is 17.8 Å². The quantitative estimate of drug-likeness (QED) is 0.450. The molecular weight excluding hydrogens is 422 g/mol. The molecule has 0 spiro atoms. The van der Waals surface area contributed by atoms with Gasteiger partial charge in [-0.25, -0.2) is 9.78 Å². The summed E-state index contributed by atoms with van der Waals surface area (Å²) >= 11 is 0. The van der Waals surface area contributed by atoms with Crippen LogP contribution >= 0.6 is 0 Å². The summed E-state index contributed by atoms with van der Waals surface area (Å²) in [5, 5.41) is 0.492. The Labute approximate surface area is 190 Å². The van der Waals surface area contributed by atoms with Crippen molar-refractivity contribution in [3.8, 4) is 17.2 Å². The van der Waals surface area contributed by atoms with Crippen molar-refractivity contribution in [3.63, 3.8) is 0 Å². The summed E-state index contributed by atoms with van der Waals surface area (Å²) in [7, 11) is 1.61. The first-order valence-corrected chi connectivity index (χ1v) is 11.0. The molecule has 1 saturated heterocycles. The molecular formula is C25H25N3O5. The van der Waals surface area contributed by atoms with Crippen molar-refractivity contribution >= 4 is 10.9 Å². The molecule has 2 aromatic carbocycles. The topological polar surface area (TPSA) is 88.5 Å². The summed E-state index contributed by atoms with van der Waals surface area (Å²) in [6, 6.07) is 14.6. The molecule has 4 aromatic rings. The second kappa shape index (κ2) is 8.71. The highest BCUT2D eigenvalue weighted by Gasteiger charge is 2.21. The zero-order valence-corrected chi connectivity index (χ0v) is 18.6. The number of aryl methyl sites for hydroxylation is 1. The normalized spacial score (nSPS) is 15.9. The number of hydrogen-bond donors (Lipinski definition) is 0. The SMILES string of the molecule is COc1ccc(-c2nc(Cn3c(=O)n(C[C@H]4CCCO4)c(=O)c4ccccc43)c(C)o2)cc1. The van der Waals surface area contributed by atoms with Crippen LogP contribution in [0.5, 0.6) is 5.75 Å². The van der Waals surface area contributed by atoms with Crippen molar-refractivity contribution in [1.82, 2.24) is 14.1 Å². The Bertz CT molecular complexity index is 1410. The second-order valence-electron chi connectivity index (χ2n) is 8.19. The van der Waals surface area contributed by atoms with E-state index in [1.807, 2.05) is 37.3 Å². The third kappa shape index (κ3) is 3.98. The minimum atomic E-state index is -0.373. The molecule has 0 radical (unpaired) electrons. The molecule has 170 valence electrons. The fourth-order valence-electron chi connectivity index (χ4n) is 4.26. The lowest BCUT2D eigenvalue weighted by Crippen LogP contribution is -2.42. The minimum absolute atomic E-state index is 0.125. The van der Waals surface area contributed by atoms with Crippen molar-refractivity contribution in [2.75, 3.05) is 13.7 Å². The van der Waals surface area contributed by atoms with Crippen molar-refractivity contribution in [1.29, 1.82) is 0 Å². The van der Waals surface area contributed by atoms with E-state index in [1.54, 1.807) is 29.9 Å². The molecule has 1 atom stereocenters. The summed E-state index contributed by atoms with van der Waals surface area (Å²) in [6.45, 7) is 2.92. The lowest BCUT2D eigenvalue weighted by atomic mass is 10.2. The van der Waals surface area contributed by atoms with E-state index < -0.39 is 0 Å². The van der Waals surface area contributed by atoms with E-state index in [0.29, 0.717) is 34.9 Å². The lowest BCUT2D eigenvalue weighted by Gasteiger charge is -2.16. The molecule has 8 heteroatoms. The molecule has 8 nitrogen and oxygen atoms in total. The van der Waals surface area contributed by atoms with Gasteiger partial charge in [0.25, 0.3) is 5.56 Å². The molecule has 0 amide bonds. The lowest BCUT2D eigenvalue weighted by molar-refractivity contribution is 0.0948. The number of oxazole rings is 1. The van der Waals surface area contributed by atoms with Crippen molar-refractivity contribution in [2.24, 2.45) is 0 Å². The first-order chi connectivity index (χ1) is 16.0. The third-order valence-electron chi connectivity index (χ3n) is 6.08. The van der Waals surface area contributed by atoms with Crippen molar-refractivity contribution in [2.45, 2.75) is 39.0 Å². The number of hydrogen-bond acceptors (Lipinski definition) is 6. The number of para-hydroxylation sites is 1. The van der Waals surface area contributed by atoms with Crippen LogP contribution in [0, 0.1) is 6.92 Å². The van der Waals surface area contributed by atoms with E-state index in [4.69, 9.17) is 13.9 Å². The van der Waals surface area contributed by atoms with Gasteiger partial charge in [0.2, 0.25) is 5.89 Å². The van der Waals surface area contributed by atoms with Gasteiger partial charge in [-0.05, 0) is 56.2 Å². The first-order valence-electron chi connectivity index (χ1n) is 11.0. The van der Waals surface area contributed by atoms with Gasteiger partial charge in [-0.1, -0.05) is 12.1 Å². The number of methoxy groups -OCH3 is 1. The smallest absolute Gasteiger partial charge is 0.331 e. The highest BCUT2D eigenvalue weighted by molar-refractivity contribution is 5.77. The third-order valence-corrected chi connectivity index (χ3v) is 6.08. The Kier molecular flexibility index (Phi) is 5.60. The summed E-state index contributed by atoms with van der Waals surface area (Å²) in [5.74, 6) is 1.83. The molecule has 1 aliphatic rings. The molecule has 0 aliphatic carbocycles. The highest BCUT2D eigenvalue weighted by atomic mass is 16.5. The van der Waals surface area contributed by atoms with E-state index in [1.165, 1.54) is 4.57 Å². The van der Waals surface area contributed by atoms with E-state index in [-0.39, 0.29) is 30.4 Å². The van der Waals surface area contributed by atoms with Gasteiger partial charge < -0.3 is 13.9 Å². The Hall–Kier alpha value is -3.65. The van der Waals surface area contributed by atoms with Gasteiger partial charge in [0.15, 0.2) is 0 Å². The summed E-state index contributed by atoms with van der Waals surface area (Å²) in [4.78, 5) is 31.2. The van der Waals surface area contributed by atoms with Gasteiger partial charge in [0.05, 0.1) is 37.2 Å². The van der Waals surface area contributed by atoms with Gasteiger partial charge in [0, 0.05) is 12.2 Å². The molecule has 1 aliphatic heterocycles. The first kappa shape index (κ1) is 21.2. The molecule has 0 N–H and O–H groups in total. The van der Waals surface area contributed by atoms with E-state index >= 15 is 0 Å². The maximum absolute atomic E-state index is 13.5. The second-order valence-corrected chi connectivity index (χ2v) is 8.19. The van der Waals surface area contributed by atoms with E-state index in [0.717, 1.165) is 24.2 Å². The average molecular weight is 447 g/mol. The summed E-state index contributed by atoms with van der Waals surface area (Å²) < 4.78 is 19.7. The van der Waals surface area contributed by atoms with Gasteiger partial charge in [-0.2, -0.15) is 0 Å². The Morgan fingerprint density at radius 2 is 1.88 bits per heavy atom. The zero-order chi connectivity index (χ0) is 22.9. The fourth-order valence-corrected chi connectivity index (χ4v) is 4.26. The van der Waals surface area contributed by atoms with Gasteiger partial charge in [0.1, 0.15) is 17.2 Å². The van der Waals surface area contributed by atoms with Crippen molar-refractivity contribution < 1.29 is 13.9 Å². The van der Waals surface area contributed by atoms with Gasteiger partial charge in [-0.15, -0.1) is 0 Å². The molecule has 2 aromatic heterocycles. The van der Waals surface area contributed by atoms with Gasteiger partial charge in [-0.3, -0.25) is 13.9 Å². The maximum Gasteiger partial charge on any atom is 0.331 e. The zero-order valence-electron chi connectivity index (χ0n) is 18.6. The van der Waals surface area contributed by atoms with Crippen LogP contribution in [0.25, 0.3) is 22.4 Å². The Balaban J connectivity index is 1.57. The van der Waals surface area contributed by atoms with Crippen LogP contribution in [-0.4, -0.2) is 33.9 Å². The van der Waals surface area contributed by atoms with Gasteiger partial charge >= 0.3 is 5.69 Å². The van der Waals surface area contributed by atoms with E-state index in [9.17, 15) is 9.59 Å². The monoisotopic (exact) mass is 447 g/mol. The van der Waals surface area contributed by atoms with Crippen LogP contribution in [0.2, 0.25) is 0 Å². The van der Waals surface area contributed by atoms with Crippen LogP contribution in [0.3, 0.4) is 0 Å². The van der Waals surface area contributed by atoms with Crippen LogP contribution < -0.4 is 16.0 Å². The number of benzene rings is 2. The Morgan fingerprint density at radius 1 is 1.09 bits per heavy atom. The van der Waals surface area contributed by atoms with Crippen LogP contribution in [0.1, 0.15) is 24.3 Å². The molecule has 0 saturated carbocycles. The van der Waals surface area contributed by atoms with Crippen LogP contribution in [0.4, 0.5) is 0 Å².